The van der Waals surface area contributed by atoms with Crippen LogP contribution in [-0.2, 0) is 7.05 Å². The van der Waals surface area contributed by atoms with Crippen molar-refractivity contribution in [2.24, 2.45) is 12.1 Å². The van der Waals surface area contributed by atoms with E-state index in [1.807, 2.05) is 48.7 Å². The molecule has 2 amide bonds. The van der Waals surface area contributed by atoms with Gasteiger partial charge in [0.25, 0.3) is 11.8 Å². The summed E-state index contributed by atoms with van der Waals surface area (Å²) in [5.41, 5.74) is 5.86. The predicted octanol–water partition coefficient (Wildman–Crippen LogP) is 4.04. The highest BCUT2D eigenvalue weighted by atomic mass is 32.1. The molecule has 7 nitrogen and oxygen atoms in total. The fourth-order valence-corrected chi connectivity index (χ4v) is 3.94. The summed E-state index contributed by atoms with van der Waals surface area (Å²) < 4.78 is 2.58. The average Bonchev–Trinajstić information content (AvgIpc) is 3.38. The standard InChI is InChI=1S/C22H19N5O2S/c1-14(25-26-21(28)18-13-30-20-6-4-3-5-17(18)20)15-7-9-16(10-8-15)24-22(29)19-11-12-23-27(19)2/h3-13H,1-2H3,(H,24,29)(H,26,28). The Hall–Kier alpha value is -3.78. The van der Waals surface area contributed by atoms with Crippen molar-refractivity contribution in [3.8, 4) is 0 Å². The first-order valence-electron chi connectivity index (χ1n) is 9.23. The van der Waals surface area contributed by atoms with Gasteiger partial charge in [0.2, 0.25) is 0 Å². The van der Waals surface area contributed by atoms with Gasteiger partial charge in [-0.25, -0.2) is 5.43 Å². The fraction of sp³-hybridized carbons (Fsp3) is 0.0909. The lowest BCUT2D eigenvalue weighted by Crippen LogP contribution is -2.19. The molecule has 150 valence electrons. The largest absolute Gasteiger partial charge is 0.321 e. The third kappa shape index (κ3) is 3.99. The van der Waals surface area contributed by atoms with Crippen LogP contribution < -0.4 is 10.7 Å². The van der Waals surface area contributed by atoms with Crippen molar-refractivity contribution >= 4 is 44.6 Å². The molecule has 0 aliphatic carbocycles. The minimum Gasteiger partial charge on any atom is -0.321 e. The van der Waals surface area contributed by atoms with Crippen molar-refractivity contribution in [1.82, 2.24) is 15.2 Å². The molecule has 0 bridgehead atoms. The van der Waals surface area contributed by atoms with E-state index in [1.54, 1.807) is 31.4 Å². The van der Waals surface area contributed by atoms with E-state index in [0.29, 0.717) is 22.7 Å². The Kier molecular flexibility index (Phi) is 5.40. The van der Waals surface area contributed by atoms with Crippen molar-refractivity contribution in [3.63, 3.8) is 0 Å². The van der Waals surface area contributed by atoms with Gasteiger partial charge in [0, 0.05) is 34.4 Å². The smallest absolute Gasteiger partial charge is 0.273 e. The Morgan fingerprint density at radius 1 is 1.03 bits per heavy atom. The Labute approximate surface area is 177 Å². The minimum absolute atomic E-state index is 0.233. The lowest BCUT2D eigenvalue weighted by Gasteiger charge is -2.07. The zero-order valence-electron chi connectivity index (χ0n) is 16.4. The number of aryl methyl sites for hydroxylation is 1. The van der Waals surface area contributed by atoms with Gasteiger partial charge in [0.05, 0.1) is 11.3 Å². The lowest BCUT2D eigenvalue weighted by atomic mass is 10.1. The third-order valence-electron chi connectivity index (χ3n) is 4.66. The maximum absolute atomic E-state index is 12.5. The van der Waals surface area contributed by atoms with Gasteiger partial charge in [-0.1, -0.05) is 30.3 Å². The minimum atomic E-state index is -0.244. The topological polar surface area (TPSA) is 88.4 Å². The molecule has 2 heterocycles. The van der Waals surface area contributed by atoms with Gasteiger partial charge in [-0.3, -0.25) is 14.3 Å². The first-order chi connectivity index (χ1) is 14.5. The third-order valence-corrected chi connectivity index (χ3v) is 5.63. The number of carbonyl (C=O) groups is 2. The van der Waals surface area contributed by atoms with Crippen LogP contribution in [0.4, 0.5) is 5.69 Å². The summed E-state index contributed by atoms with van der Waals surface area (Å²) in [5.74, 6) is -0.477. The first kappa shape index (κ1) is 19.5. The number of nitrogens with zero attached hydrogens (tertiary/aromatic N) is 3. The summed E-state index contributed by atoms with van der Waals surface area (Å²) in [6.45, 7) is 1.81. The number of benzene rings is 2. The highest BCUT2D eigenvalue weighted by Crippen LogP contribution is 2.25. The molecule has 2 aromatic carbocycles. The molecule has 0 aliphatic heterocycles. The first-order valence-corrected chi connectivity index (χ1v) is 10.1. The van der Waals surface area contributed by atoms with Crippen LogP contribution in [-0.4, -0.2) is 27.3 Å². The Bertz CT molecular complexity index is 1250. The van der Waals surface area contributed by atoms with Crippen LogP contribution in [0.1, 0.15) is 33.3 Å². The van der Waals surface area contributed by atoms with E-state index in [1.165, 1.54) is 16.0 Å². The molecule has 0 radical (unpaired) electrons. The van der Waals surface area contributed by atoms with Crippen molar-refractivity contribution in [3.05, 3.63) is 83.0 Å². The van der Waals surface area contributed by atoms with Gasteiger partial charge in [-0.2, -0.15) is 10.2 Å². The van der Waals surface area contributed by atoms with Crippen LogP contribution in [0.2, 0.25) is 0 Å². The van der Waals surface area contributed by atoms with Gasteiger partial charge in [-0.05, 0) is 36.8 Å². The maximum atomic E-state index is 12.5. The molecule has 0 unspecified atom stereocenters. The van der Waals surface area contributed by atoms with Crippen LogP contribution >= 0.6 is 11.3 Å². The van der Waals surface area contributed by atoms with Crippen LogP contribution in [0.15, 0.2) is 71.3 Å². The molecule has 0 saturated heterocycles. The number of amides is 2. The van der Waals surface area contributed by atoms with E-state index >= 15 is 0 Å². The van der Waals surface area contributed by atoms with Crippen LogP contribution in [0.3, 0.4) is 0 Å². The molecule has 0 aliphatic rings. The second-order valence-electron chi connectivity index (χ2n) is 6.66. The normalized spacial score (nSPS) is 11.5. The van der Waals surface area contributed by atoms with Gasteiger partial charge in [0.15, 0.2) is 0 Å². The van der Waals surface area contributed by atoms with E-state index in [9.17, 15) is 9.59 Å². The molecule has 2 aromatic heterocycles. The molecular weight excluding hydrogens is 398 g/mol. The summed E-state index contributed by atoms with van der Waals surface area (Å²) in [4.78, 5) is 24.8. The molecular formula is C22H19N5O2S. The monoisotopic (exact) mass is 417 g/mol. The van der Waals surface area contributed by atoms with E-state index < -0.39 is 0 Å². The number of rotatable bonds is 5. The number of thiophene rings is 1. The van der Waals surface area contributed by atoms with Crippen LogP contribution in [0.25, 0.3) is 10.1 Å². The van der Waals surface area contributed by atoms with Crippen LogP contribution in [0, 0.1) is 0 Å². The molecule has 0 atom stereocenters. The number of hydrogen-bond acceptors (Lipinski definition) is 5. The number of anilines is 1. The summed E-state index contributed by atoms with van der Waals surface area (Å²) in [6, 6.07) is 16.7. The van der Waals surface area contributed by atoms with Crippen molar-refractivity contribution in [2.75, 3.05) is 5.32 Å². The van der Waals surface area contributed by atoms with E-state index in [2.05, 4.69) is 20.9 Å². The zero-order chi connectivity index (χ0) is 21.1. The van der Waals surface area contributed by atoms with Gasteiger partial charge in [0.1, 0.15) is 5.69 Å². The highest BCUT2D eigenvalue weighted by molar-refractivity contribution is 7.17. The number of hydrogen-bond donors (Lipinski definition) is 2. The molecule has 0 saturated carbocycles. The SMILES string of the molecule is CC(=NNC(=O)c1csc2ccccc12)c1ccc(NC(=O)c2ccnn2C)cc1. The Morgan fingerprint density at radius 3 is 2.53 bits per heavy atom. The van der Waals surface area contributed by atoms with Crippen molar-refractivity contribution in [2.45, 2.75) is 6.92 Å². The summed E-state index contributed by atoms with van der Waals surface area (Å²) in [6.07, 6.45) is 1.57. The average molecular weight is 417 g/mol. The zero-order valence-corrected chi connectivity index (χ0v) is 17.2. The number of nitrogens with one attached hydrogen (secondary N) is 2. The van der Waals surface area contributed by atoms with E-state index in [-0.39, 0.29) is 11.8 Å². The number of carbonyl (C=O) groups excluding carboxylic acids is 2. The summed E-state index contributed by atoms with van der Waals surface area (Å²) in [7, 11) is 1.71. The predicted molar refractivity (Wildman–Crippen MR) is 119 cm³/mol. The molecule has 4 aromatic rings. The molecule has 8 heteroatoms. The second kappa shape index (κ2) is 8.30. The lowest BCUT2D eigenvalue weighted by molar-refractivity contribution is 0.0955. The molecule has 0 fully saturated rings. The van der Waals surface area contributed by atoms with Crippen LogP contribution in [0.5, 0.6) is 0 Å². The maximum Gasteiger partial charge on any atom is 0.273 e. The number of fused-ring (bicyclic) bond motifs is 1. The Morgan fingerprint density at radius 2 is 1.80 bits per heavy atom. The number of hydrazone groups is 1. The van der Waals surface area contributed by atoms with Gasteiger partial charge >= 0.3 is 0 Å². The van der Waals surface area contributed by atoms with E-state index in [0.717, 1.165) is 15.6 Å². The molecule has 30 heavy (non-hydrogen) atoms. The van der Waals surface area contributed by atoms with Gasteiger partial charge < -0.3 is 5.32 Å². The van der Waals surface area contributed by atoms with Crippen molar-refractivity contribution in [1.29, 1.82) is 0 Å². The molecule has 4 rings (SSSR count). The quantitative estimate of drug-likeness (QED) is 0.379. The van der Waals surface area contributed by atoms with Gasteiger partial charge in [-0.15, -0.1) is 11.3 Å². The summed E-state index contributed by atoms with van der Waals surface area (Å²) in [5, 5.41) is 13.8. The fourth-order valence-electron chi connectivity index (χ4n) is 3.00. The van der Waals surface area contributed by atoms with Crippen molar-refractivity contribution < 1.29 is 9.59 Å². The number of aromatic nitrogens is 2. The Balaban J connectivity index is 1.42. The highest BCUT2D eigenvalue weighted by Gasteiger charge is 2.12. The molecule has 2 N–H and O–H groups in total. The van der Waals surface area contributed by atoms with E-state index in [4.69, 9.17) is 0 Å². The molecule has 0 spiro atoms. The summed E-state index contributed by atoms with van der Waals surface area (Å²) >= 11 is 1.53. The second-order valence-corrected chi connectivity index (χ2v) is 7.57.